The van der Waals surface area contributed by atoms with Gasteiger partial charge in [0.15, 0.2) is 10.9 Å². The standard InChI is InChI=1S/C22H25F3N4O2S/c1-6-12(2)17-18-16(9-10-26-17)32-20(27-18)28-19(30)14-11-13(22(23,24)25)7-8-15(14)31-29-21(3,4)5/h7-12,29H,6H2,1-5H3,(H,27,28,30). The first kappa shape index (κ1) is 23.9. The lowest BCUT2D eigenvalue weighted by Crippen LogP contribution is -2.38. The van der Waals surface area contributed by atoms with Crippen LogP contribution in [0.25, 0.3) is 10.2 Å². The van der Waals surface area contributed by atoms with Crippen LogP contribution < -0.4 is 15.6 Å². The highest BCUT2D eigenvalue weighted by molar-refractivity contribution is 7.22. The Kier molecular flexibility index (Phi) is 6.75. The summed E-state index contributed by atoms with van der Waals surface area (Å²) in [6.45, 7) is 9.54. The topological polar surface area (TPSA) is 76.1 Å². The molecular formula is C22H25F3N4O2S. The lowest BCUT2D eigenvalue weighted by atomic mass is 10.0. The van der Waals surface area contributed by atoms with Gasteiger partial charge in [-0.3, -0.25) is 15.1 Å². The molecule has 2 N–H and O–H groups in total. The average Bonchev–Trinajstić information content (AvgIpc) is 3.12. The molecule has 1 aromatic carbocycles. The fraction of sp³-hybridized carbons (Fsp3) is 0.409. The van der Waals surface area contributed by atoms with Crippen molar-refractivity contribution in [2.75, 3.05) is 5.32 Å². The number of hydrogen-bond acceptors (Lipinski definition) is 6. The van der Waals surface area contributed by atoms with Crippen molar-refractivity contribution in [1.82, 2.24) is 15.4 Å². The number of aromatic nitrogens is 2. The highest BCUT2D eigenvalue weighted by Crippen LogP contribution is 2.34. The molecular weight excluding hydrogens is 441 g/mol. The Morgan fingerprint density at radius 2 is 1.94 bits per heavy atom. The zero-order valence-corrected chi connectivity index (χ0v) is 19.2. The van der Waals surface area contributed by atoms with Crippen molar-refractivity contribution < 1.29 is 22.8 Å². The van der Waals surface area contributed by atoms with Crippen LogP contribution in [-0.4, -0.2) is 21.4 Å². The highest BCUT2D eigenvalue weighted by Gasteiger charge is 2.32. The number of fused-ring (bicyclic) bond motifs is 1. The number of anilines is 1. The molecule has 2 heterocycles. The molecule has 172 valence electrons. The molecule has 1 atom stereocenters. The minimum Gasteiger partial charge on any atom is -0.407 e. The number of thiazole rings is 1. The van der Waals surface area contributed by atoms with E-state index in [-0.39, 0.29) is 22.4 Å². The summed E-state index contributed by atoms with van der Waals surface area (Å²) in [4.78, 5) is 27.3. The van der Waals surface area contributed by atoms with Crippen LogP contribution in [0.1, 0.15) is 68.6 Å². The summed E-state index contributed by atoms with van der Waals surface area (Å²) in [5.74, 6) is -0.594. The molecule has 0 aliphatic carbocycles. The normalized spacial score (nSPS) is 13.2. The Bertz CT molecular complexity index is 1120. The number of halogens is 3. The third-order valence-electron chi connectivity index (χ3n) is 4.65. The maximum atomic E-state index is 13.3. The molecule has 0 fully saturated rings. The Hall–Kier alpha value is -2.72. The van der Waals surface area contributed by atoms with E-state index in [0.29, 0.717) is 5.52 Å². The third kappa shape index (κ3) is 5.55. The molecule has 0 aliphatic rings. The van der Waals surface area contributed by atoms with Crippen molar-refractivity contribution in [1.29, 1.82) is 0 Å². The number of alkyl halides is 3. The lowest BCUT2D eigenvalue weighted by Gasteiger charge is -2.22. The van der Waals surface area contributed by atoms with Crippen molar-refractivity contribution in [3.63, 3.8) is 0 Å². The van der Waals surface area contributed by atoms with Crippen molar-refractivity contribution in [3.8, 4) is 5.75 Å². The lowest BCUT2D eigenvalue weighted by molar-refractivity contribution is -0.137. The van der Waals surface area contributed by atoms with E-state index in [0.717, 1.165) is 35.0 Å². The average molecular weight is 467 g/mol. The first-order valence-electron chi connectivity index (χ1n) is 10.1. The fourth-order valence-corrected chi connectivity index (χ4v) is 3.69. The SMILES string of the molecule is CCC(C)c1nccc2sc(NC(=O)c3cc(C(F)(F)F)ccc3ONC(C)(C)C)nc12. The Labute approximate surface area is 188 Å². The third-order valence-corrected chi connectivity index (χ3v) is 5.59. The molecule has 0 radical (unpaired) electrons. The van der Waals surface area contributed by atoms with E-state index in [1.807, 2.05) is 34.6 Å². The van der Waals surface area contributed by atoms with Gasteiger partial charge in [0.05, 0.1) is 21.5 Å². The molecule has 10 heteroatoms. The van der Waals surface area contributed by atoms with Crippen LogP contribution in [-0.2, 0) is 6.18 Å². The molecule has 0 spiro atoms. The van der Waals surface area contributed by atoms with E-state index >= 15 is 0 Å². The smallest absolute Gasteiger partial charge is 0.407 e. The largest absolute Gasteiger partial charge is 0.416 e. The zero-order valence-electron chi connectivity index (χ0n) is 18.4. The van der Waals surface area contributed by atoms with E-state index in [1.54, 1.807) is 12.3 Å². The van der Waals surface area contributed by atoms with Gasteiger partial charge >= 0.3 is 6.18 Å². The number of hydroxylamine groups is 1. The molecule has 0 saturated heterocycles. The number of nitrogens with zero attached hydrogens (tertiary/aromatic N) is 2. The van der Waals surface area contributed by atoms with Crippen molar-refractivity contribution in [3.05, 3.63) is 47.3 Å². The number of benzene rings is 1. The first-order chi connectivity index (χ1) is 14.9. The monoisotopic (exact) mass is 466 g/mol. The van der Waals surface area contributed by atoms with Crippen molar-refractivity contribution in [2.24, 2.45) is 0 Å². The molecule has 32 heavy (non-hydrogen) atoms. The minimum absolute atomic E-state index is 0.0199. The van der Waals surface area contributed by atoms with E-state index in [9.17, 15) is 18.0 Å². The van der Waals surface area contributed by atoms with Gasteiger partial charge in [0.1, 0.15) is 5.52 Å². The number of pyridine rings is 1. The molecule has 3 aromatic rings. The number of amides is 1. The second-order valence-corrected chi connectivity index (χ2v) is 9.52. The first-order valence-corrected chi connectivity index (χ1v) is 10.9. The predicted molar refractivity (Wildman–Crippen MR) is 119 cm³/mol. The van der Waals surface area contributed by atoms with Gasteiger partial charge in [0, 0.05) is 17.7 Å². The minimum atomic E-state index is -4.60. The van der Waals surface area contributed by atoms with E-state index in [4.69, 9.17) is 4.84 Å². The second-order valence-electron chi connectivity index (χ2n) is 8.49. The second kappa shape index (κ2) is 9.03. The molecule has 0 bridgehead atoms. The van der Waals surface area contributed by atoms with Crippen LogP contribution in [0.2, 0.25) is 0 Å². The van der Waals surface area contributed by atoms with Crippen molar-refractivity contribution >= 4 is 32.6 Å². The summed E-state index contributed by atoms with van der Waals surface area (Å²) in [5, 5.41) is 2.89. The number of nitrogens with one attached hydrogen (secondary N) is 2. The Morgan fingerprint density at radius 1 is 1.22 bits per heavy atom. The van der Waals surface area contributed by atoms with Crippen LogP contribution in [0.5, 0.6) is 5.75 Å². The van der Waals surface area contributed by atoms with Crippen LogP contribution in [0, 0.1) is 0 Å². The maximum absolute atomic E-state index is 13.3. The van der Waals surface area contributed by atoms with Crippen LogP contribution >= 0.6 is 11.3 Å². The van der Waals surface area contributed by atoms with Gasteiger partial charge in [-0.1, -0.05) is 25.2 Å². The Morgan fingerprint density at radius 3 is 2.56 bits per heavy atom. The summed E-state index contributed by atoms with van der Waals surface area (Å²) >= 11 is 1.23. The maximum Gasteiger partial charge on any atom is 0.416 e. The van der Waals surface area contributed by atoms with Gasteiger partial charge < -0.3 is 4.84 Å². The Balaban J connectivity index is 1.95. The summed E-state index contributed by atoms with van der Waals surface area (Å²) in [6, 6.07) is 4.56. The summed E-state index contributed by atoms with van der Waals surface area (Å²) in [6.07, 6.45) is -2.04. The van der Waals surface area contributed by atoms with Crippen LogP contribution in [0.3, 0.4) is 0 Å². The van der Waals surface area contributed by atoms with E-state index in [1.165, 1.54) is 11.3 Å². The summed E-state index contributed by atoms with van der Waals surface area (Å²) in [5.41, 5.74) is 2.53. The van der Waals surface area contributed by atoms with Gasteiger partial charge in [-0.05, 0) is 51.5 Å². The fourth-order valence-electron chi connectivity index (χ4n) is 2.83. The van der Waals surface area contributed by atoms with E-state index in [2.05, 4.69) is 20.8 Å². The molecule has 0 aliphatic heterocycles. The molecule has 2 aromatic heterocycles. The molecule has 1 amide bonds. The quantitative estimate of drug-likeness (QED) is 0.426. The van der Waals surface area contributed by atoms with Gasteiger partial charge in [0.25, 0.3) is 5.91 Å². The molecule has 6 nitrogen and oxygen atoms in total. The predicted octanol–water partition coefficient (Wildman–Crippen LogP) is 6.16. The van der Waals surface area contributed by atoms with Gasteiger partial charge in [-0.15, -0.1) is 0 Å². The zero-order chi connectivity index (χ0) is 23.7. The highest BCUT2D eigenvalue weighted by atomic mass is 32.1. The molecule has 3 rings (SSSR count). The van der Waals surface area contributed by atoms with Crippen LogP contribution in [0.4, 0.5) is 18.3 Å². The van der Waals surface area contributed by atoms with E-state index < -0.39 is 23.2 Å². The summed E-state index contributed by atoms with van der Waals surface area (Å²) in [7, 11) is 0. The van der Waals surface area contributed by atoms with Gasteiger partial charge in [-0.25, -0.2) is 4.98 Å². The van der Waals surface area contributed by atoms with Gasteiger partial charge in [-0.2, -0.15) is 18.7 Å². The number of carbonyl (C=O) groups excluding carboxylic acids is 1. The van der Waals surface area contributed by atoms with Crippen molar-refractivity contribution in [2.45, 2.75) is 58.7 Å². The summed E-state index contributed by atoms with van der Waals surface area (Å²) < 4.78 is 40.6. The molecule has 1 unspecified atom stereocenters. The number of hydrogen-bond donors (Lipinski definition) is 2. The van der Waals surface area contributed by atoms with Crippen LogP contribution in [0.15, 0.2) is 30.5 Å². The molecule has 0 saturated carbocycles. The number of carbonyl (C=O) groups is 1. The van der Waals surface area contributed by atoms with Gasteiger partial charge in [0.2, 0.25) is 0 Å². The number of rotatable bonds is 6.